The summed E-state index contributed by atoms with van der Waals surface area (Å²) in [6.07, 6.45) is 5.16. The Morgan fingerprint density at radius 2 is 1.61 bits per heavy atom. The monoisotopic (exact) mass is 938 g/mol. The van der Waals surface area contributed by atoms with Gasteiger partial charge in [-0.1, -0.05) is 106 Å². The van der Waals surface area contributed by atoms with Crippen LogP contribution in [0.3, 0.4) is 0 Å². The molecule has 0 aromatic heterocycles. The Labute approximate surface area is 361 Å². The molecule has 11 heteroatoms. The van der Waals surface area contributed by atoms with Gasteiger partial charge in [0, 0.05) is 17.9 Å². The summed E-state index contributed by atoms with van der Waals surface area (Å²) in [4.78, 5) is 13.6. The quantitative estimate of drug-likeness (QED) is 0.0410. The van der Waals surface area contributed by atoms with Crippen molar-refractivity contribution in [2.45, 2.75) is 182 Å². The van der Waals surface area contributed by atoms with Crippen LogP contribution in [0.1, 0.15) is 119 Å². The lowest BCUT2D eigenvalue weighted by Crippen LogP contribution is -2.53. The highest BCUT2D eigenvalue weighted by Gasteiger charge is 2.69. The lowest BCUT2D eigenvalue weighted by molar-refractivity contribution is -0.154. The van der Waals surface area contributed by atoms with Crippen LogP contribution in [0.2, 0.25) is 36.3 Å². The predicted molar refractivity (Wildman–Crippen MR) is 246 cm³/mol. The third-order valence-corrected chi connectivity index (χ3v) is 22.3. The van der Waals surface area contributed by atoms with Crippen molar-refractivity contribution in [2.24, 2.45) is 11.8 Å². The van der Waals surface area contributed by atoms with E-state index in [1.807, 2.05) is 31.2 Å². The fourth-order valence-electron chi connectivity index (χ4n) is 6.54. The van der Waals surface area contributed by atoms with E-state index in [2.05, 4.69) is 129 Å². The minimum absolute atomic E-state index is 0.0456. The number of hydrogen-bond acceptors (Lipinski definition) is 8. The van der Waals surface area contributed by atoms with E-state index < -0.39 is 40.4 Å². The SMILES string of the molecule is CCCC(C=COc1cc(CC(C)C)c(OCc2ccccc2)c(CO[Si](C)(C)C(C)(C)C)c1I)C(O)C[C@H](O[Si](C)(C)C(C)(C)C)[C@@]1(C(=O)OCC)O[C@@H]1CC. The Kier molecular flexibility index (Phi) is 18.0. The number of hydrogen-bond donors (Lipinski definition) is 1. The van der Waals surface area contributed by atoms with Crippen molar-refractivity contribution >= 4 is 45.2 Å². The van der Waals surface area contributed by atoms with E-state index in [4.69, 9.17) is 27.8 Å². The summed E-state index contributed by atoms with van der Waals surface area (Å²) >= 11 is 2.38. The van der Waals surface area contributed by atoms with Crippen molar-refractivity contribution < 1.29 is 37.7 Å². The van der Waals surface area contributed by atoms with Gasteiger partial charge in [0.1, 0.15) is 24.2 Å². The Bertz CT molecular complexity index is 1610. The van der Waals surface area contributed by atoms with Crippen LogP contribution in [0.4, 0.5) is 0 Å². The number of carbonyl (C=O) groups excluding carboxylic acids is 1. The molecule has 0 saturated carbocycles. The third-order valence-electron chi connectivity index (χ3n) is 12.1. The number of aliphatic hydroxyl groups is 1. The molecular weight excluding hydrogens is 864 g/mol. The standard InChI is InChI=1S/C46H75IO8Si2/c1-16-22-34(37(48)29-40(55-57(14,15)45(9,10)11)46(39(17-2)54-46)43(49)50-18-3)25-26-51-38-28-35(27-32(4)5)42(52-30-33-23-20-19-21-24-33)36(41(38)47)31-53-56(12,13)44(6,7)8/h19-21,23-26,28,32,34,37,39-40,48H,16-18,22,27,29-31H2,1-15H3/t34?,37?,39-,40+,46+/m1/s1. The fourth-order valence-corrected chi connectivity index (χ4v) is 9.50. The Morgan fingerprint density at radius 3 is 2.14 bits per heavy atom. The normalized spacial score (nSPS) is 19.4. The van der Waals surface area contributed by atoms with Gasteiger partial charge in [-0.3, -0.25) is 0 Å². The molecule has 8 nitrogen and oxygen atoms in total. The summed E-state index contributed by atoms with van der Waals surface area (Å²) < 4.78 is 39.8. The van der Waals surface area contributed by atoms with Crippen molar-refractivity contribution in [3.63, 3.8) is 0 Å². The summed E-state index contributed by atoms with van der Waals surface area (Å²) in [5, 5.41) is 11.9. The lowest BCUT2D eigenvalue weighted by Gasteiger charge is -2.41. The first-order valence-corrected chi connectivity index (χ1v) is 28.0. The lowest BCUT2D eigenvalue weighted by atomic mass is 9.87. The van der Waals surface area contributed by atoms with E-state index in [0.29, 0.717) is 25.6 Å². The molecule has 0 bridgehead atoms. The van der Waals surface area contributed by atoms with Gasteiger partial charge in [0.2, 0.25) is 5.60 Å². The zero-order valence-electron chi connectivity index (χ0n) is 37.8. The molecule has 2 aromatic carbocycles. The molecule has 2 aromatic rings. The zero-order chi connectivity index (χ0) is 43.0. The van der Waals surface area contributed by atoms with Gasteiger partial charge < -0.3 is 32.9 Å². The van der Waals surface area contributed by atoms with Crippen molar-refractivity contribution in [2.75, 3.05) is 6.61 Å². The number of ether oxygens (including phenoxy) is 4. The number of aliphatic hydroxyl groups excluding tert-OH is 1. The maximum Gasteiger partial charge on any atom is 0.343 e. The Morgan fingerprint density at radius 1 is 0.982 bits per heavy atom. The molecule has 1 aliphatic heterocycles. The number of benzene rings is 2. The second kappa shape index (κ2) is 20.7. The fraction of sp³-hybridized carbons (Fsp3) is 0.674. The molecule has 1 heterocycles. The van der Waals surface area contributed by atoms with Crippen molar-refractivity contribution in [1.29, 1.82) is 0 Å². The highest BCUT2D eigenvalue weighted by Crippen LogP contribution is 2.49. The van der Waals surface area contributed by atoms with E-state index in [9.17, 15) is 9.90 Å². The van der Waals surface area contributed by atoms with Crippen molar-refractivity contribution in [3.8, 4) is 11.5 Å². The molecule has 0 spiro atoms. The first-order chi connectivity index (χ1) is 26.4. The van der Waals surface area contributed by atoms with Crippen molar-refractivity contribution in [1.82, 2.24) is 0 Å². The van der Waals surface area contributed by atoms with E-state index >= 15 is 0 Å². The molecule has 0 radical (unpaired) electrons. The third kappa shape index (κ3) is 12.9. The molecule has 322 valence electrons. The van der Waals surface area contributed by atoms with Gasteiger partial charge in [-0.15, -0.1) is 0 Å². The minimum atomic E-state index is -2.39. The number of epoxide rings is 1. The van der Waals surface area contributed by atoms with E-state index in [-0.39, 0.29) is 35.1 Å². The molecule has 1 fully saturated rings. The van der Waals surface area contributed by atoms with Crippen LogP contribution in [-0.4, -0.2) is 58.2 Å². The molecule has 5 atom stereocenters. The number of rotatable bonds is 22. The molecule has 1 saturated heterocycles. The molecule has 1 aliphatic rings. The van der Waals surface area contributed by atoms with Gasteiger partial charge in [-0.25, -0.2) is 4.79 Å². The summed E-state index contributed by atoms with van der Waals surface area (Å²) in [7, 11) is -4.49. The van der Waals surface area contributed by atoms with Crippen LogP contribution < -0.4 is 9.47 Å². The molecule has 1 N–H and O–H groups in total. The molecule has 0 amide bonds. The van der Waals surface area contributed by atoms with Crippen molar-refractivity contribution in [3.05, 3.63) is 69.0 Å². The summed E-state index contributed by atoms with van der Waals surface area (Å²) in [6, 6.07) is 12.4. The molecular formula is C46H75IO8Si2. The van der Waals surface area contributed by atoms with Crippen LogP contribution in [0.5, 0.6) is 11.5 Å². The van der Waals surface area contributed by atoms with Crippen LogP contribution in [0.15, 0.2) is 48.7 Å². The zero-order valence-corrected chi connectivity index (χ0v) is 42.0. The van der Waals surface area contributed by atoms with Gasteiger partial charge in [-0.2, -0.15) is 0 Å². The Balaban J connectivity index is 2.02. The summed E-state index contributed by atoms with van der Waals surface area (Å²) in [5.41, 5.74) is 1.95. The molecule has 3 rings (SSSR count). The topological polar surface area (TPSA) is 96.0 Å². The molecule has 57 heavy (non-hydrogen) atoms. The van der Waals surface area contributed by atoms with Gasteiger partial charge >= 0.3 is 5.97 Å². The number of halogens is 1. The average Bonchev–Trinajstić information content (AvgIpc) is 3.86. The maximum atomic E-state index is 13.6. The second-order valence-electron chi connectivity index (χ2n) is 19.2. The summed E-state index contributed by atoms with van der Waals surface area (Å²) in [5.74, 6) is 1.32. The maximum absolute atomic E-state index is 13.6. The van der Waals surface area contributed by atoms with Gasteiger partial charge in [0.25, 0.3) is 0 Å². The van der Waals surface area contributed by atoms with Gasteiger partial charge in [0.15, 0.2) is 16.6 Å². The number of carbonyl (C=O) groups is 1. The molecule has 0 aliphatic carbocycles. The van der Waals surface area contributed by atoms with Gasteiger partial charge in [0.05, 0.1) is 35.3 Å². The largest absolute Gasteiger partial charge is 0.488 e. The van der Waals surface area contributed by atoms with Crippen LogP contribution in [-0.2, 0) is 42.8 Å². The average molecular weight is 939 g/mol. The Hall–Kier alpha value is -1.75. The molecule has 2 unspecified atom stereocenters. The predicted octanol–water partition coefficient (Wildman–Crippen LogP) is 12.2. The van der Waals surface area contributed by atoms with E-state index in [0.717, 1.165) is 51.0 Å². The van der Waals surface area contributed by atoms with Gasteiger partial charge in [-0.05, 0) is 114 Å². The van der Waals surface area contributed by atoms with Crippen LogP contribution >= 0.6 is 22.6 Å². The highest BCUT2D eigenvalue weighted by atomic mass is 127. The number of esters is 1. The highest BCUT2D eigenvalue weighted by molar-refractivity contribution is 14.1. The smallest absolute Gasteiger partial charge is 0.343 e. The minimum Gasteiger partial charge on any atom is -0.488 e. The van der Waals surface area contributed by atoms with Crippen LogP contribution in [0.25, 0.3) is 0 Å². The first kappa shape index (κ1) is 49.6. The summed E-state index contributed by atoms with van der Waals surface area (Å²) in [6.45, 7) is 33.6. The van der Waals surface area contributed by atoms with Crippen LogP contribution in [0, 0.1) is 15.4 Å². The van der Waals surface area contributed by atoms with E-state index in [1.54, 1.807) is 13.2 Å². The van der Waals surface area contributed by atoms with E-state index in [1.165, 1.54) is 0 Å². The second-order valence-corrected chi connectivity index (χ2v) is 29.8. The first-order valence-electron chi connectivity index (χ1n) is 21.1.